The van der Waals surface area contributed by atoms with E-state index in [4.69, 9.17) is 0 Å². The number of hydrogen-bond acceptors (Lipinski definition) is 2. The van der Waals surface area contributed by atoms with Crippen molar-refractivity contribution in [2.24, 2.45) is 11.8 Å². The molecule has 1 aromatic rings. The molecule has 96 valence electrons. The Morgan fingerprint density at radius 3 is 2.72 bits per heavy atom. The van der Waals surface area contributed by atoms with Crippen LogP contribution in [0.2, 0.25) is 0 Å². The molecule has 3 heteroatoms. The van der Waals surface area contributed by atoms with Gasteiger partial charge in [-0.3, -0.25) is 0 Å². The molecule has 0 bridgehead atoms. The van der Waals surface area contributed by atoms with Gasteiger partial charge in [0.25, 0.3) is 0 Å². The molecule has 0 radical (unpaired) electrons. The summed E-state index contributed by atoms with van der Waals surface area (Å²) < 4.78 is 13.7. The average molecular weight is 246 g/mol. The summed E-state index contributed by atoms with van der Waals surface area (Å²) in [6.45, 7) is 4.23. The summed E-state index contributed by atoms with van der Waals surface area (Å²) in [5.74, 6) is 0.441. The van der Waals surface area contributed by atoms with E-state index in [2.05, 4.69) is 25.2 Å². The standard InChI is InChI=1S/C15H19FN2/c1-11-7-8-12(2)15(9-11,10-17)18-14-6-4-3-5-13(14)16/h3-6,11-12,18H,7-9H2,1-2H3. The molecule has 0 amide bonds. The van der Waals surface area contributed by atoms with E-state index in [1.54, 1.807) is 18.2 Å². The van der Waals surface area contributed by atoms with E-state index in [9.17, 15) is 9.65 Å². The molecule has 0 heterocycles. The fraction of sp³-hybridized carbons (Fsp3) is 0.533. The second kappa shape index (κ2) is 4.97. The third-order valence-electron chi connectivity index (χ3n) is 4.04. The van der Waals surface area contributed by atoms with Crippen LogP contribution in [0.1, 0.15) is 33.1 Å². The number of nitriles is 1. The Hall–Kier alpha value is -1.56. The zero-order valence-electron chi connectivity index (χ0n) is 10.9. The van der Waals surface area contributed by atoms with Crippen molar-refractivity contribution in [2.75, 3.05) is 5.32 Å². The molecule has 0 aliphatic heterocycles. The molecule has 0 spiro atoms. The van der Waals surface area contributed by atoms with Gasteiger partial charge in [0.2, 0.25) is 0 Å². The second-order valence-corrected chi connectivity index (χ2v) is 5.48. The Morgan fingerprint density at radius 2 is 2.06 bits per heavy atom. The molecule has 1 aliphatic rings. The number of anilines is 1. The third-order valence-corrected chi connectivity index (χ3v) is 4.04. The van der Waals surface area contributed by atoms with Crippen LogP contribution in [0.3, 0.4) is 0 Å². The normalized spacial score (nSPS) is 31.7. The number of nitrogens with one attached hydrogen (secondary N) is 1. The Morgan fingerprint density at radius 1 is 1.33 bits per heavy atom. The highest BCUT2D eigenvalue weighted by Crippen LogP contribution is 2.39. The summed E-state index contributed by atoms with van der Waals surface area (Å²) in [6.07, 6.45) is 2.93. The Balaban J connectivity index is 2.28. The molecule has 18 heavy (non-hydrogen) atoms. The van der Waals surface area contributed by atoms with Crippen LogP contribution in [-0.2, 0) is 0 Å². The predicted molar refractivity (Wildman–Crippen MR) is 70.5 cm³/mol. The van der Waals surface area contributed by atoms with Gasteiger partial charge in [-0.2, -0.15) is 5.26 Å². The van der Waals surface area contributed by atoms with Crippen LogP contribution < -0.4 is 5.32 Å². The maximum atomic E-state index is 13.7. The number of hydrogen-bond donors (Lipinski definition) is 1. The van der Waals surface area contributed by atoms with Gasteiger partial charge in [-0.15, -0.1) is 0 Å². The van der Waals surface area contributed by atoms with E-state index in [0.717, 1.165) is 19.3 Å². The Kier molecular flexibility index (Phi) is 3.56. The number of nitrogens with zero attached hydrogens (tertiary/aromatic N) is 1. The van der Waals surface area contributed by atoms with Crippen LogP contribution in [0, 0.1) is 29.0 Å². The zero-order valence-corrected chi connectivity index (χ0v) is 10.9. The first-order valence-electron chi connectivity index (χ1n) is 6.51. The largest absolute Gasteiger partial charge is 0.365 e. The van der Waals surface area contributed by atoms with Gasteiger partial charge in [-0.05, 0) is 36.8 Å². The monoisotopic (exact) mass is 246 g/mol. The highest BCUT2D eigenvalue weighted by atomic mass is 19.1. The lowest BCUT2D eigenvalue weighted by molar-refractivity contribution is 0.229. The molecule has 1 N–H and O–H groups in total. The van der Waals surface area contributed by atoms with Gasteiger partial charge in [-0.1, -0.05) is 32.4 Å². The Bertz CT molecular complexity index is 466. The molecule has 2 rings (SSSR count). The van der Waals surface area contributed by atoms with E-state index in [1.807, 2.05) is 0 Å². The lowest BCUT2D eigenvalue weighted by atomic mass is 9.70. The summed E-state index contributed by atoms with van der Waals surface area (Å²) in [5, 5.41) is 12.7. The summed E-state index contributed by atoms with van der Waals surface area (Å²) in [7, 11) is 0. The average Bonchev–Trinajstić information content (AvgIpc) is 2.36. The first kappa shape index (κ1) is 12.9. The lowest BCUT2D eigenvalue weighted by Crippen LogP contribution is -2.47. The molecule has 1 fully saturated rings. The van der Waals surface area contributed by atoms with E-state index in [0.29, 0.717) is 11.6 Å². The van der Waals surface area contributed by atoms with Crippen LogP contribution in [0.4, 0.5) is 10.1 Å². The number of halogens is 1. The van der Waals surface area contributed by atoms with E-state index in [1.165, 1.54) is 6.07 Å². The molecule has 0 saturated heterocycles. The summed E-state index contributed by atoms with van der Waals surface area (Å²) in [6, 6.07) is 8.96. The topological polar surface area (TPSA) is 35.8 Å². The molecule has 1 aliphatic carbocycles. The van der Waals surface area contributed by atoms with Gasteiger partial charge in [0.05, 0.1) is 11.8 Å². The first-order valence-corrected chi connectivity index (χ1v) is 6.51. The van der Waals surface area contributed by atoms with Crippen LogP contribution in [0.15, 0.2) is 24.3 Å². The van der Waals surface area contributed by atoms with Gasteiger partial charge in [0, 0.05) is 0 Å². The second-order valence-electron chi connectivity index (χ2n) is 5.48. The smallest absolute Gasteiger partial charge is 0.146 e. The maximum Gasteiger partial charge on any atom is 0.146 e. The minimum atomic E-state index is -0.639. The third kappa shape index (κ3) is 2.33. The van der Waals surface area contributed by atoms with Gasteiger partial charge in [-0.25, -0.2) is 4.39 Å². The van der Waals surface area contributed by atoms with Crippen molar-refractivity contribution in [2.45, 2.75) is 38.6 Å². The first-order chi connectivity index (χ1) is 8.57. The van der Waals surface area contributed by atoms with Crippen molar-refractivity contribution >= 4 is 5.69 Å². The Labute approximate surface area is 108 Å². The summed E-state index contributed by atoms with van der Waals surface area (Å²) in [4.78, 5) is 0. The van der Waals surface area contributed by atoms with Gasteiger partial charge in [0.1, 0.15) is 11.4 Å². The number of rotatable bonds is 2. The highest BCUT2D eigenvalue weighted by molar-refractivity contribution is 5.49. The van der Waals surface area contributed by atoms with Crippen molar-refractivity contribution in [3.05, 3.63) is 30.1 Å². The molecular formula is C15H19FN2. The van der Waals surface area contributed by atoms with Crippen molar-refractivity contribution in [3.8, 4) is 6.07 Å². The SMILES string of the molecule is CC1CCC(C)C(C#N)(Nc2ccccc2F)C1. The zero-order chi connectivity index (χ0) is 13.2. The fourth-order valence-electron chi connectivity index (χ4n) is 2.79. The van der Waals surface area contributed by atoms with Crippen LogP contribution in [0.5, 0.6) is 0 Å². The van der Waals surface area contributed by atoms with Crippen molar-refractivity contribution in [1.82, 2.24) is 0 Å². The van der Waals surface area contributed by atoms with Gasteiger partial charge < -0.3 is 5.32 Å². The van der Waals surface area contributed by atoms with E-state index in [-0.39, 0.29) is 11.7 Å². The summed E-state index contributed by atoms with van der Waals surface area (Å²) >= 11 is 0. The molecule has 3 unspecified atom stereocenters. The molecule has 3 atom stereocenters. The predicted octanol–water partition coefficient (Wildman–Crippen LogP) is 3.96. The van der Waals surface area contributed by atoms with Crippen molar-refractivity contribution in [3.63, 3.8) is 0 Å². The van der Waals surface area contributed by atoms with Crippen LogP contribution in [-0.4, -0.2) is 5.54 Å². The fourth-order valence-corrected chi connectivity index (χ4v) is 2.79. The minimum absolute atomic E-state index is 0.235. The quantitative estimate of drug-likeness (QED) is 0.857. The minimum Gasteiger partial charge on any atom is -0.365 e. The van der Waals surface area contributed by atoms with Crippen molar-refractivity contribution < 1.29 is 4.39 Å². The number of benzene rings is 1. The molecule has 2 nitrogen and oxygen atoms in total. The van der Waals surface area contributed by atoms with Gasteiger partial charge in [0.15, 0.2) is 0 Å². The molecule has 0 aromatic heterocycles. The van der Waals surface area contributed by atoms with E-state index >= 15 is 0 Å². The molecule has 1 saturated carbocycles. The molecular weight excluding hydrogens is 227 g/mol. The lowest BCUT2D eigenvalue weighted by Gasteiger charge is -2.41. The number of para-hydroxylation sites is 1. The highest BCUT2D eigenvalue weighted by Gasteiger charge is 2.41. The van der Waals surface area contributed by atoms with Crippen LogP contribution >= 0.6 is 0 Å². The summed E-state index contributed by atoms with van der Waals surface area (Å²) in [5.41, 5.74) is -0.208. The molecule has 1 aromatic carbocycles. The van der Waals surface area contributed by atoms with Crippen LogP contribution in [0.25, 0.3) is 0 Å². The van der Waals surface area contributed by atoms with Gasteiger partial charge >= 0.3 is 0 Å². The van der Waals surface area contributed by atoms with E-state index < -0.39 is 5.54 Å². The van der Waals surface area contributed by atoms with Crippen molar-refractivity contribution in [1.29, 1.82) is 5.26 Å². The maximum absolute atomic E-state index is 13.7.